The average molecular weight is 349 g/mol. The number of ether oxygens (including phenoxy) is 1. The first-order chi connectivity index (χ1) is 11.8. The summed E-state index contributed by atoms with van der Waals surface area (Å²) in [5.74, 6) is -0.221. The molecule has 2 aliphatic heterocycles. The van der Waals surface area contributed by atoms with Crippen LogP contribution in [-0.2, 0) is 27.8 Å². The van der Waals surface area contributed by atoms with Crippen LogP contribution in [0.15, 0.2) is 0 Å². The molecule has 1 atom stereocenters. The molecule has 3 heterocycles. The Morgan fingerprint density at radius 2 is 1.92 bits per heavy atom. The van der Waals surface area contributed by atoms with Gasteiger partial charge in [0, 0.05) is 57.5 Å². The first-order valence-corrected chi connectivity index (χ1v) is 8.75. The fraction of sp³-hybridized carbons (Fsp3) is 0.706. The molecule has 8 heteroatoms. The van der Waals surface area contributed by atoms with Gasteiger partial charge in [-0.25, -0.2) is 0 Å². The number of carbonyl (C=O) groups excluding carboxylic acids is 2. The van der Waals surface area contributed by atoms with Crippen LogP contribution in [0, 0.1) is 13.8 Å². The van der Waals surface area contributed by atoms with Crippen LogP contribution in [-0.4, -0.2) is 76.3 Å². The molecular formula is C17H27N5O3. The van der Waals surface area contributed by atoms with Crippen molar-refractivity contribution in [3.8, 4) is 0 Å². The maximum absolute atomic E-state index is 12.7. The van der Waals surface area contributed by atoms with E-state index in [1.54, 1.807) is 0 Å². The Hall–Kier alpha value is -1.93. The molecule has 3 rings (SSSR count). The molecule has 2 N–H and O–H groups in total. The fourth-order valence-electron chi connectivity index (χ4n) is 3.87. The van der Waals surface area contributed by atoms with Gasteiger partial charge in [-0.3, -0.25) is 19.2 Å². The van der Waals surface area contributed by atoms with E-state index in [9.17, 15) is 9.59 Å². The number of rotatable bonds is 4. The Bertz CT molecular complexity index is 670. The minimum Gasteiger partial charge on any atom is -0.379 e. The topological polar surface area (TPSA) is 93.7 Å². The van der Waals surface area contributed by atoms with Crippen molar-refractivity contribution in [3.63, 3.8) is 0 Å². The molecule has 0 aliphatic carbocycles. The number of carbonyl (C=O) groups is 2. The standard InChI is InChI=1S/C17H27N5O3/c1-12-14(13(2)20(3)19-12)10-15(23)21-5-7-22(8-6-21)17(16(18)24)4-9-25-11-17/h4-11H2,1-3H3,(H2,18,24). The Balaban J connectivity index is 1.62. The summed E-state index contributed by atoms with van der Waals surface area (Å²) in [5, 5.41) is 4.37. The van der Waals surface area contributed by atoms with Crippen molar-refractivity contribution in [2.75, 3.05) is 39.4 Å². The van der Waals surface area contributed by atoms with Crippen LogP contribution in [0.25, 0.3) is 0 Å². The molecule has 2 aliphatic rings. The molecule has 1 aromatic heterocycles. The van der Waals surface area contributed by atoms with E-state index in [1.807, 2.05) is 30.5 Å². The Kier molecular flexibility index (Phi) is 4.83. The van der Waals surface area contributed by atoms with Gasteiger partial charge in [0.15, 0.2) is 0 Å². The van der Waals surface area contributed by atoms with E-state index in [2.05, 4.69) is 10.00 Å². The van der Waals surface area contributed by atoms with Gasteiger partial charge < -0.3 is 15.4 Å². The predicted molar refractivity (Wildman–Crippen MR) is 91.9 cm³/mol. The van der Waals surface area contributed by atoms with Gasteiger partial charge >= 0.3 is 0 Å². The second kappa shape index (κ2) is 6.76. The highest BCUT2D eigenvalue weighted by atomic mass is 16.5. The third-order valence-electron chi connectivity index (χ3n) is 5.68. The summed E-state index contributed by atoms with van der Waals surface area (Å²) < 4.78 is 7.24. The number of piperazine rings is 1. The number of nitrogens with two attached hydrogens (primary N) is 1. The second-order valence-electron chi connectivity index (χ2n) is 7.02. The van der Waals surface area contributed by atoms with Gasteiger partial charge in [-0.05, 0) is 13.8 Å². The monoisotopic (exact) mass is 349 g/mol. The lowest BCUT2D eigenvalue weighted by molar-refractivity contribution is -0.137. The Morgan fingerprint density at radius 3 is 2.40 bits per heavy atom. The molecule has 1 unspecified atom stereocenters. The van der Waals surface area contributed by atoms with Gasteiger partial charge in [0.1, 0.15) is 5.54 Å². The third kappa shape index (κ3) is 3.16. The molecule has 2 fully saturated rings. The van der Waals surface area contributed by atoms with Crippen LogP contribution < -0.4 is 5.73 Å². The van der Waals surface area contributed by atoms with Gasteiger partial charge in [-0.1, -0.05) is 0 Å². The Labute approximate surface area is 147 Å². The lowest BCUT2D eigenvalue weighted by Gasteiger charge is -2.43. The number of aryl methyl sites for hydroxylation is 2. The fourth-order valence-corrected chi connectivity index (χ4v) is 3.87. The minimum absolute atomic E-state index is 0.106. The van der Waals surface area contributed by atoms with Gasteiger partial charge in [0.05, 0.1) is 18.7 Å². The molecular weight excluding hydrogens is 322 g/mol. The number of aromatic nitrogens is 2. The second-order valence-corrected chi connectivity index (χ2v) is 7.02. The van der Waals surface area contributed by atoms with E-state index in [0.29, 0.717) is 52.2 Å². The van der Waals surface area contributed by atoms with Crippen LogP contribution in [0.5, 0.6) is 0 Å². The quantitative estimate of drug-likeness (QED) is 0.781. The van der Waals surface area contributed by atoms with E-state index in [0.717, 1.165) is 17.0 Å². The normalized spacial score (nSPS) is 24.7. The summed E-state index contributed by atoms with van der Waals surface area (Å²) in [5.41, 5.74) is 7.88. The van der Waals surface area contributed by atoms with Crippen LogP contribution in [0.3, 0.4) is 0 Å². The highest BCUT2D eigenvalue weighted by Gasteiger charge is 2.47. The molecule has 138 valence electrons. The van der Waals surface area contributed by atoms with E-state index in [4.69, 9.17) is 10.5 Å². The number of hydrogen-bond acceptors (Lipinski definition) is 5. The molecule has 8 nitrogen and oxygen atoms in total. The number of primary amides is 1. The van der Waals surface area contributed by atoms with E-state index < -0.39 is 5.54 Å². The molecule has 0 aromatic carbocycles. The van der Waals surface area contributed by atoms with Crippen LogP contribution in [0.4, 0.5) is 0 Å². The van der Waals surface area contributed by atoms with Crippen LogP contribution >= 0.6 is 0 Å². The van der Waals surface area contributed by atoms with Crippen molar-refractivity contribution in [3.05, 3.63) is 17.0 Å². The summed E-state index contributed by atoms with van der Waals surface area (Å²) in [6.07, 6.45) is 1.000. The summed E-state index contributed by atoms with van der Waals surface area (Å²) >= 11 is 0. The zero-order valence-corrected chi connectivity index (χ0v) is 15.2. The largest absolute Gasteiger partial charge is 0.379 e. The first-order valence-electron chi connectivity index (χ1n) is 8.75. The maximum Gasteiger partial charge on any atom is 0.240 e. The average Bonchev–Trinajstić information content (AvgIpc) is 3.17. The van der Waals surface area contributed by atoms with Crippen LogP contribution in [0.1, 0.15) is 23.4 Å². The van der Waals surface area contributed by atoms with E-state index in [1.165, 1.54) is 0 Å². The summed E-state index contributed by atoms with van der Waals surface area (Å²) in [6, 6.07) is 0. The van der Waals surface area contributed by atoms with Gasteiger partial charge in [0.2, 0.25) is 11.8 Å². The zero-order chi connectivity index (χ0) is 18.2. The number of nitrogens with zero attached hydrogens (tertiary/aromatic N) is 4. The molecule has 0 radical (unpaired) electrons. The highest BCUT2D eigenvalue weighted by molar-refractivity contribution is 5.85. The molecule has 2 saturated heterocycles. The van der Waals surface area contributed by atoms with Crippen molar-refractivity contribution in [1.82, 2.24) is 19.6 Å². The lowest BCUT2D eigenvalue weighted by Crippen LogP contribution is -2.63. The maximum atomic E-state index is 12.7. The smallest absolute Gasteiger partial charge is 0.240 e. The highest BCUT2D eigenvalue weighted by Crippen LogP contribution is 2.27. The van der Waals surface area contributed by atoms with Crippen molar-refractivity contribution >= 4 is 11.8 Å². The number of amides is 2. The minimum atomic E-state index is -0.703. The van der Waals surface area contributed by atoms with Crippen molar-refractivity contribution in [1.29, 1.82) is 0 Å². The first kappa shape index (κ1) is 17.9. The van der Waals surface area contributed by atoms with Gasteiger partial charge in [-0.15, -0.1) is 0 Å². The van der Waals surface area contributed by atoms with Crippen molar-refractivity contribution in [2.24, 2.45) is 12.8 Å². The molecule has 0 bridgehead atoms. The molecule has 1 aromatic rings. The lowest BCUT2D eigenvalue weighted by atomic mass is 9.94. The SMILES string of the molecule is Cc1nn(C)c(C)c1CC(=O)N1CCN(C2(C(N)=O)CCOC2)CC1. The molecule has 2 amide bonds. The summed E-state index contributed by atoms with van der Waals surface area (Å²) in [7, 11) is 1.89. The van der Waals surface area contributed by atoms with Gasteiger partial charge in [0.25, 0.3) is 0 Å². The van der Waals surface area contributed by atoms with Gasteiger partial charge in [-0.2, -0.15) is 5.10 Å². The van der Waals surface area contributed by atoms with E-state index in [-0.39, 0.29) is 11.8 Å². The third-order valence-corrected chi connectivity index (χ3v) is 5.68. The van der Waals surface area contributed by atoms with Crippen LogP contribution in [0.2, 0.25) is 0 Å². The predicted octanol–water partition coefficient (Wildman–Crippen LogP) is -0.632. The molecule has 25 heavy (non-hydrogen) atoms. The molecule has 0 saturated carbocycles. The summed E-state index contributed by atoms with van der Waals surface area (Å²) in [6.45, 7) is 7.32. The van der Waals surface area contributed by atoms with Crippen molar-refractivity contribution < 1.29 is 14.3 Å². The molecule has 0 spiro atoms. The summed E-state index contributed by atoms with van der Waals surface area (Å²) in [4.78, 5) is 28.6. The van der Waals surface area contributed by atoms with Crippen molar-refractivity contribution in [2.45, 2.75) is 32.2 Å². The zero-order valence-electron chi connectivity index (χ0n) is 15.2. The Morgan fingerprint density at radius 1 is 1.24 bits per heavy atom. The number of hydrogen-bond donors (Lipinski definition) is 1. The van der Waals surface area contributed by atoms with E-state index >= 15 is 0 Å².